The summed E-state index contributed by atoms with van der Waals surface area (Å²) in [5.41, 5.74) is 6.74. The van der Waals surface area contributed by atoms with Gasteiger partial charge in [-0.05, 0) is 17.9 Å². The van der Waals surface area contributed by atoms with Crippen molar-refractivity contribution in [3.05, 3.63) is 35.9 Å². The number of carboxylic acid groups (broad SMARTS) is 1. The molecule has 0 saturated carbocycles. The van der Waals surface area contributed by atoms with Crippen LogP contribution in [0.4, 0.5) is 0 Å². The second kappa shape index (κ2) is 12.1. The molecule has 0 aliphatic heterocycles. The number of nitrogens with two attached hydrogens (primary N) is 1. The van der Waals surface area contributed by atoms with E-state index in [0.717, 1.165) is 5.56 Å². The van der Waals surface area contributed by atoms with Crippen LogP contribution in [0.5, 0.6) is 0 Å². The van der Waals surface area contributed by atoms with Crippen LogP contribution in [0.2, 0.25) is 0 Å². The lowest BCUT2D eigenvalue weighted by molar-refractivity contribution is -0.143. The van der Waals surface area contributed by atoms with Crippen molar-refractivity contribution in [2.45, 2.75) is 38.4 Å². The minimum Gasteiger partial charge on any atom is -0.480 e. The fourth-order valence-corrected chi connectivity index (χ4v) is 2.72. The monoisotopic (exact) mass is 424 g/mol. The van der Waals surface area contributed by atoms with E-state index in [1.807, 2.05) is 30.3 Å². The van der Waals surface area contributed by atoms with Gasteiger partial charge < -0.3 is 26.8 Å². The molecule has 29 heavy (non-hydrogen) atoms. The molecule has 3 unspecified atom stereocenters. The maximum atomic E-state index is 12.2. The molecule has 1 rings (SSSR count). The van der Waals surface area contributed by atoms with E-state index in [4.69, 9.17) is 10.8 Å². The van der Waals surface area contributed by atoms with Gasteiger partial charge >= 0.3 is 5.97 Å². The minimum atomic E-state index is -1.17. The molecule has 0 saturated heterocycles. The van der Waals surface area contributed by atoms with E-state index in [2.05, 4.69) is 28.6 Å². The zero-order valence-electron chi connectivity index (χ0n) is 16.4. The van der Waals surface area contributed by atoms with Gasteiger partial charge in [-0.25, -0.2) is 4.79 Å². The predicted molar refractivity (Wildman–Crippen MR) is 111 cm³/mol. The standard InChI is InChI=1S/C19H28N4O5S/c1-11(2)16(19(27)28)23-18(26)14(10-29)22-15(24)9-21-17(25)13(20)8-12-6-4-3-5-7-12/h3-7,11,13-14,16,29H,8-10,20H2,1-2H3,(H,21,25)(H,22,24)(H,23,26)(H,27,28). The Morgan fingerprint density at radius 1 is 1.07 bits per heavy atom. The molecule has 0 bridgehead atoms. The van der Waals surface area contributed by atoms with Crippen LogP contribution in [0.25, 0.3) is 0 Å². The molecule has 10 heteroatoms. The number of amides is 3. The number of rotatable bonds is 11. The van der Waals surface area contributed by atoms with Crippen molar-refractivity contribution in [2.75, 3.05) is 12.3 Å². The van der Waals surface area contributed by atoms with Crippen molar-refractivity contribution in [2.24, 2.45) is 11.7 Å². The van der Waals surface area contributed by atoms with Crippen LogP contribution in [-0.4, -0.2) is 59.2 Å². The van der Waals surface area contributed by atoms with E-state index in [1.165, 1.54) is 0 Å². The van der Waals surface area contributed by atoms with Gasteiger partial charge in [0.15, 0.2) is 0 Å². The number of thiol groups is 1. The third-order valence-corrected chi connectivity index (χ3v) is 4.49. The van der Waals surface area contributed by atoms with Crippen molar-refractivity contribution in [3.8, 4) is 0 Å². The van der Waals surface area contributed by atoms with Gasteiger partial charge in [-0.2, -0.15) is 12.6 Å². The summed E-state index contributed by atoms with van der Waals surface area (Å²) in [4.78, 5) is 47.6. The number of hydrogen-bond donors (Lipinski definition) is 6. The molecule has 1 aromatic carbocycles. The Hall–Kier alpha value is -2.59. The first kappa shape index (κ1) is 24.4. The van der Waals surface area contributed by atoms with E-state index in [0.29, 0.717) is 6.42 Å². The van der Waals surface area contributed by atoms with Crippen LogP contribution in [0, 0.1) is 5.92 Å². The summed E-state index contributed by atoms with van der Waals surface area (Å²) < 4.78 is 0. The Labute approximate surface area is 175 Å². The van der Waals surface area contributed by atoms with Crippen molar-refractivity contribution >= 4 is 36.3 Å². The van der Waals surface area contributed by atoms with Crippen LogP contribution in [0.15, 0.2) is 30.3 Å². The molecule has 0 aromatic heterocycles. The number of carbonyl (C=O) groups is 4. The molecule has 0 aliphatic carbocycles. The maximum absolute atomic E-state index is 12.2. The highest BCUT2D eigenvalue weighted by atomic mass is 32.1. The lowest BCUT2D eigenvalue weighted by Crippen LogP contribution is -2.55. The van der Waals surface area contributed by atoms with Gasteiger partial charge in [0.05, 0.1) is 12.6 Å². The number of carboxylic acids is 1. The van der Waals surface area contributed by atoms with Gasteiger partial charge in [-0.3, -0.25) is 14.4 Å². The minimum absolute atomic E-state index is 0.0382. The third-order valence-electron chi connectivity index (χ3n) is 4.12. The highest BCUT2D eigenvalue weighted by Gasteiger charge is 2.28. The van der Waals surface area contributed by atoms with Crippen molar-refractivity contribution in [1.82, 2.24) is 16.0 Å². The summed E-state index contributed by atoms with van der Waals surface area (Å²) in [6.45, 7) is 2.94. The lowest BCUT2D eigenvalue weighted by atomic mass is 10.0. The summed E-state index contributed by atoms with van der Waals surface area (Å²) in [6, 6.07) is 6.27. The summed E-state index contributed by atoms with van der Waals surface area (Å²) >= 11 is 4.02. The smallest absolute Gasteiger partial charge is 0.326 e. The van der Waals surface area contributed by atoms with Gasteiger partial charge in [0.25, 0.3) is 0 Å². The molecular weight excluding hydrogens is 396 g/mol. The molecule has 3 atom stereocenters. The van der Waals surface area contributed by atoms with Crippen LogP contribution < -0.4 is 21.7 Å². The SMILES string of the molecule is CC(C)C(NC(=O)C(CS)NC(=O)CNC(=O)C(N)Cc1ccccc1)C(=O)O. The molecule has 0 fully saturated rings. The number of aliphatic carboxylic acids is 1. The fraction of sp³-hybridized carbons (Fsp3) is 0.474. The Morgan fingerprint density at radius 2 is 1.69 bits per heavy atom. The summed E-state index contributed by atoms with van der Waals surface area (Å²) in [5.74, 6) is -3.32. The van der Waals surface area contributed by atoms with Gasteiger partial charge in [-0.1, -0.05) is 44.2 Å². The zero-order valence-corrected chi connectivity index (χ0v) is 17.3. The van der Waals surface area contributed by atoms with E-state index in [1.54, 1.807) is 13.8 Å². The first-order valence-corrected chi connectivity index (χ1v) is 9.79. The quantitative estimate of drug-likeness (QED) is 0.259. The molecule has 9 nitrogen and oxygen atoms in total. The summed E-state index contributed by atoms with van der Waals surface area (Å²) in [7, 11) is 0. The van der Waals surface area contributed by atoms with E-state index in [-0.39, 0.29) is 18.2 Å². The third kappa shape index (κ3) is 8.53. The topological polar surface area (TPSA) is 151 Å². The molecule has 0 heterocycles. The molecule has 0 aliphatic rings. The second-order valence-electron chi connectivity index (χ2n) is 6.89. The Bertz CT molecular complexity index is 714. The van der Waals surface area contributed by atoms with E-state index < -0.39 is 41.8 Å². The largest absolute Gasteiger partial charge is 0.480 e. The number of hydrogen-bond acceptors (Lipinski definition) is 6. The highest BCUT2D eigenvalue weighted by Crippen LogP contribution is 2.03. The van der Waals surface area contributed by atoms with Gasteiger partial charge in [0.2, 0.25) is 17.7 Å². The molecular formula is C19H28N4O5S. The number of benzene rings is 1. The molecule has 160 valence electrons. The van der Waals surface area contributed by atoms with Crippen LogP contribution in [0.3, 0.4) is 0 Å². The Balaban J connectivity index is 2.51. The average molecular weight is 425 g/mol. The van der Waals surface area contributed by atoms with Crippen LogP contribution in [-0.2, 0) is 25.6 Å². The number of carbonyl (C=O) groups excluding carboxylic acids is 3. The number of nitrogens with one attached hydrogen (secondary N) is 3. The van der Waals surface area contributed by atoms with Crippen molar-refractivity contribution in [3.63, 3.8) is 0 Å². The fourth-order valence-electron chi connectivity index (χ4n) is 2.47. The van der Waals surface area contributed by atoms with Crippen LogP contribution in [0.1, 0.15) is 19.4 Å². The van der Waals surface area contributed by atoms with Gasteiger partial charge in [-0.15, -0.1) is 0 Å². The van der Waals surface area contributed by atoms with Crippen LogP contribution >= 0.6 is 12.6 Å². The summed E-state index contributed by atoms with van der Waals surface area (Å²) in [6.07, 6.45) is 0.321. The molecule has 1 aromatic rings. The Kier molecular flexibility index (Phi) is 10.2. The molecule has 6 N–H and O–H groups in total. The normalized spacial score (nSPS) is 13.8. The highest BCUT2D eigenvalue weighted by molar-refractivity contribution is 7.80. The van der Waals surface area contributed by atoms with E-state index >= 15 is 0 Å². The van der Waals surface area contributed by atoms with Crippen molar-refractivity contribution < 1.29 is 24.3 Å². The molecule has 0 radical (unpaired) electrons. The molecule has 0 spiro atoms. The maximum Gasteiger partial charge on any atom is 0.326 e. The zero-order chi connectivity index (χ0) is 22.0. The average Bonchev–Trinajstić information content (AvgIpc) is 2.68. The van der Waals surface area contributed by atoms with E-state index in [9.17, 15) is 19.2 Å². The Morgan fingerprint density at radius 3 is 2.21 bits per heavy atom. The summed E-state index contributed by atoms with van der Waals surface area (Å²) in [5, 5.41) is 16.4. The van der Waals surface area contributed by atoms with Gasteiger partial charge in [0.1, 0.15) is 12.1 Å². The van der Waals surface area contributed by atoms with Crippen molar-refractivity contribution in [1.29, 1.82) is 0 Å². The first-order chi connectivity index (χ1) is 13.6. The second-order valence-corrected chi connectivity index (χ2v) is 7.25. The first-order valence-electron chi connectivity index (χ1n) is 9.16. The lowest BCUT2D eigenvalue weighted by Gasteiger charge is -2.22. The molecule has 3 amide bonds. The predicted octanol–water partition coefficient (Wildman–Crippen LogP) is -0.687. The van der Waals surface area contributed by atoms with Gasteiger partial charge in [0, 0.05) is 5.75 Å².